The average Bonchev–Trinajstić information content (AvgIpc) is 2.68. The highest BCUT2D eigenvalue weighted by atomic mass is 32.2. The normalized spacial score (nSPS) is 11.6. The summed E-state index contributed by atoms with van der Waals surface area (Å²) in [4.78, 5) is 27.8. The monoisotopic (exact) mass is 370 g/mol. The Bertz CT molecular complexity index is 692. The van der Waals surface area contributed by atoms with Gasteiger partial charge < -0.3 is 10.2 Å². The largest absolute Gasteiger partial charge is 0.355 e. The Kier molecular flexibility index (Phi) is 8.22. The van der Waals surface area contributed by atoms with Gasteiger partial charge in [0.25, 0.3) is 0 Å². The van der Waals surface area contributed by atoms with E-state index in [0.717, 1.165) is 16.9 Å². The van der Waals surface area contributed by atoms with Crippen molar-refractivity contribution in [1.29, 1.82) is 0 Å². The summed E-state index contributed by atoms with van der Waals surface area (Å²) < 4.78 is 0. The van der Waals surface area contributed by atoms with Crippen molar-refractivity contribution < 1.29 is 9.59 Å². The summed E-state index contributed by atoms with van der Waals surface area (Å²) in [7, 11) is 0. The highest BCUT2D eigenvalue weighted by Gasteiger charge is 2.25. The molecule has 0 aromatic heterocycles. The van der Waals surface area contributed by atoms with Crippen LogP contribution in [0.25, 0.3) is 0 Å². The van der Waals surface area contributed by atoms with E-state index in [4.69, 9.17) is 0 Å². The third-order valence-corrected chi connectivity index (χ3v) is 5.10. The number of likely N-dealkylation sites (N-methyl/N-ethyl adjacent to an activating group) is 1. The van der Waals surface area contributed by atoms with Crippen molar-refractivity contribution in [1.82, 2.24) is 10.2 Å². The fraction of sp³-hybridized carbons (Fsp3) is 0.333. The van der Waals surface area contributed by atoms with Crippen LogP contribution in [0.4, 0.5) is 0 Å². The number of rotatable bonds is 9. The van der Waals surface area contributed by atoms with E-state index in [1.165, 1.54) is 11.8 Å². The zero-order valence-corrected chi connectivity index (χ0v) is 16.2. The summed E-state index contributed by atoms with van der Waals surface area (Å²) in [5.74, 6) is 0.190. The molecule has 2 aromatic carbocycles. The number of carbonyl (C=O) groups excluding carboxylic acids is 2. The molecule has 0 aliphatic rings. The molecule has 5 heteroatoms. The molecular formula is C21H26N2O2S. The molecule has 0 aliphatic carbocycles. The molecule has 138 valence electrons. The van der Waals surface area contributed by atoms with Gasteiger partial charge in [-0.25, -0.2) is 0 Å². The summed E-state index contributed by atoms with van der Waals surface area (Å²) in [6, 6.07) is 19.4. The number of hydrogen-bond donors (Lipinski definition) is 1. The smallest absolute Gasteiger partial charge is 0.242 e. The molecule has 0 unspecified atom stereocenters. The molecular weight excluding hydrogens is 344 g/mol. The minimum atomic E-state index is -0.484. The molecule has 0 bridgehead atoms. The van der Waals surface area contributed by atoms with Crippen molar-refractivity contribution in [2.75, 3.05) is 18.8 Å². The molecule has 1 atom stereocenters. The molecule has 0 radical (unpaired) electrons. The highest BCUT2D eigenvalue weighted by Crippen LogP contribution is 2.18. The number of hydrogen-bond acceptors (Lipinski definition) is 3. The first-order valence-corrected chi connectivity index (χ1v) is 9.89. The van der Waals surface area contributed by atoms with Gasteiger partial charge in [-0.1, -0.05) is 48.5 Å². The van der Waals surface area contributed by atoms with Crippen LogP contribution >= 0.6 is 11.8 Å². The zero-order valence-electron chi connectivity index (χ0n) is 15.4. The fourth-order valence-electron chi connectivity index (χ4n) is 2.64. The van der Waals surface area contributed by atoms with Gasteiger partial charge in [0.1, 0.15) is 6.04 Å². The van der Waals surface area contributed by atoms with Gasteiger partial charge in [0.2, 0.25) is 11.8 Å². The van der Waals surface area contributed by atoms with Gasteiger partial charge >= 0.3 is 0 Å². The van der Waals surface area contributed by atoms with E-state index in [0.29, 0.717) is 18.8 Å². The summed E-state index contributed by atoms with van der Waals surface area (Å²) >= 11 is 1.50. The van der Waals surface area contributed by atoms with E-state index in [2.05, 4.69) is 5.32 Å². The highest BCUT2D eigenvalue weighted by molar-refractivity contribution is 8.00. The third kappa shape index (κ3) is 6.23. The van der Waals surface area contributed by atoms with Gasteiger partial charge in [-0.2, -0.15) is 0 Å². The molecule has 2 aromatic rings. The Morgan fingerprint density at radius 1 is 1.04 bits per heavy atom. The zero-order chi connectivity index (χ0) is 18.8. The topological polar surface area (TPSA) is 49.4 Å². The summed E-state index contributed by atoms with van der Waals surface area (Å²) in [5.41, 5.74) is 1.16. The summed E-state index contributed by atoms with van der Waals surface area (Å²) in [6.45, 7) is 4.76. The van der Waals surface area contributed by atoms with Gasteiger partial charge in [0, 0.05) is 18.0 Å². The van der Waals surface area contributed by atoms with E-state index in [1.54, 1.807) is 11.8 Å². The molecule has 0 aliphatic heterocycles. The Morgan fingerprint density at radius 2 is 1.65 bits per heavy atom. The molecule has 4 nitrogen and oxygen atoms in total. The van der Waals surface area contributed by atoms with E-state index >= 15 is 0 Å². The van der Waals surface area contributed by atoms with Crippen LogP contribution in [-0.4, -0.2) is 41.6 Å². The molecule has 1 N–H and O–H groups in total. The quantitative estimate of drug-likeness (QED) is 0.689. The van der Waals surface area contributed by atoms with Gasteiger partial charge in [-0.05, 0) is 38.0 Å². The van der Waals surface area contributed by atoms with Crippen LogP contribution in [0.1, 0.15) is 19.4 Å². The lowest BCUT2D eigenvalue weighted by atomic mass is 10.1. The van der Waals surface area contributed by atoms with Crippen molar-refractivity contribution in [2.24, 2.45) is 0 Å². The molecule has 0 fully saturated rings. The maximum Gasteiger partial charge on any atom is 0.242 e. The Labute approximate surface area is 160 Å². The predicted octanol–water partition coefficient (Wildman–Crippen LogP) is 3.37. The second kappa shape index (κ2) is 10.7. The molecule has 0 saturated carbocycles. The van der Waals surface area contributed by atoms with E-state index in [-0.39, 0.29) is 11.8 Å². The second-order valence-electron chi connectivity index (χ2n) is 6.00. The molecule has 2 rings (SSSR count). The Hall–Kier alpha value is -2.27. The number of thioether (sulfide) groups is 1. The van der Waals surface area contributed by atoms with Crippen molar-refractivity contribution in [3.8, 4) is 0 Å². The van der Waals surface area contributed by atoms with Crippen molar-refractivity contribution in [3.05, 3.63) is 66.2 Å². The van der Waals surface area contributed by atoms with Crippen LogP contribution in [0.3, 0.4) is 0 Å². The molecule has 0 saturated heterocycles. The Balaban J connectivity index is 2.02. The van der Waals surface area contributed by atoms with Crippen molar-refractivity contribution in [3.63, 3.8) is 0 Å². The van der Waals surface area contributed by atoms with Crippen LogP contribution in [0, 0.1) is 0 Å². The lowest BCUT2D eigenvalue weighted by Crippen LogP contribution is -2.49. The van der Waals surface area contributed by atoms with Gasteiger partial charge in [-0.15, -0.1) is 11.8 Å². The first-order valence-electron chi connectivity index (χ1n) is 8.90. The first-order chi connectivity index (χ1) is 12.6. The average molecular weight is 371 g/mol. The van der Waals surface area contributed by atoms with Crippen LogP contribution in [0.5, 0.6) is 0 Å². The number of nitrogens with zero attached hydrogens (tertiary/aromatic N) is 1. The van der Waals surface area contributed by atoms with Crippen molar-refractivity contribution >= 4 is 23.6 Å². The Morgan fingerprint density at radius 3 is 2.27 bits per heavy atom. The lowest BCUT2D eigenvalue weighted by molar-refractivity contribution is -0.137. The fourth-order valence-corrected chi connectivity index (χ4v) is 3.44. The van der Waals surface area contributed by atoms with Crippen LogP contribution in [0.15, 0.2) is 65.6 Å². The predicted molar refractivity (Wildman–Crippen MR) is 107 cm³/mol. The molecule has 0 heterocycles. The summed E-state index contributed by atoms with van der Waals surface area (Å²) in [5, 5.41) is 2.81. The van der Waals surface area contributed by atoms with Crippen molar-refractivity contribution in [2.45, 2.75) is 31.2 Å². The number of carbonyl (C=O) groups is 2. The SMILES string of the molecule is CCNC(=O)[C@@H](C)N(CCc1ccccc1)C(=O)CSc1ccccc1. The first kappa shape index (κ1) is 20.0. The minimum Gasteiger partial charge on any atom is -0.355 e. The molecule has 2 amide bonds. The van der Waals surface area contributed by atoms with Gasteiger partial charge in [0.15, 0.2) is 0 Å². The van der Waals surface area contributed by atoms with Crippen LogP contribution in [-0.2, 0) is 16.0 Å². The van der Waals surface area contributed by atoms with Gasteiger partial charge in [0.05, 0.1) is 5.75 Å². The molecule has 0 spiro atoms. The van der Waals surface area contributed by atoms with Gasteiger partial charge in [-0.3, -0.25) is 9.59 Å². The standard InChI is InChI=1S/C21H26N2O2S/c1-3-22-21(25)17(2)23(15-14-18-10-6-4-7-11-18)20(24)16-26-19-12-8-5-9-13-19/h4-13,17H,3,14-16H2,1-2H3,(H,22,25)/t17-/m1/s1. The third-order valence-electron chi connectivity index (χ3n) is 4.11. The minimum absolute atomic E-state index is 0.0199. The lowest BCUT2D eigenvalue weighted by Gasteiger charge is -2.28. The van der Waals surface area contributed by atoms with E-state index in [1.807, 2.05) is 67.6 Å². The van der Waals surface area contributed by atoms with Crippen LogP contribution in [0.2, 0.25) is 0 Å². The van der Waals surface area contributed by atoms with E-state index in [9.17, 15) is 9.59 Å². The second-order valence-corrected chi connectivity index (χ2v) is 7.04. The summed E-state index contributed by atoms with van der Waals surface area (Å²) in [6.07, 6.45) is 0.729. The maximum absolute atomic E-state index is 12.8. The van der Waals surface area contributed by atoms with E-state index < -0.39 is 6.04 Å². The maximum atomic E-state index is 12.8. The number of benzene rings is 2. The number of amides is 2. The molecule has 26 heavy (non-hydrogen) atoms. The van der Waals surface area contributed by atoms with Crippen LogP contribution < -0.4 is 5.32 Å². The number of nitrogens with one attached hydrogen (secondary N) is 1.